The highest BCUT2D eigenvalue weighted by molar-refractivity contribution is 6.06. The van der Waals surface area contributed by atoms with Crippen LogP contribution in [-0.2, 0) is 13.6 Å². The Morgan fingerprint density at radius 2 is 2.04 bits per heavy atom. The number of fused-ring (bicyclic) bond motifs is 1. The largest absolute Gasteiger partial charge is 0.350 e. The highest BCUT2D eigenvalue weighted by Gasteiger charge is 2.19. The molecule has 1 saturated carbocycles. The number of aryl methyl sites for hydroxylation is 1. The summed E-state index contributed by atoms with van der Waals surface area (Å²) in [4.78, 5) is 12.7. The molecule has 25 heavy (non-hydrogen) atoms. The van der Waals surface area contributed by atoms with Gasteiger partial charge in [0.05, 0.1) is 12.1 Å². The molecule has 2 heterocycles. The highest BCUT2D eigenvalue weighted by atomic mass is 16.1. The molecule has 1 aliphatic rings. The minimum atomic E-state index is -0.0741. The molecular weight excluding hydrogens is 314 g/mol. The molecule has 1 aromatic carbocycles. The summed E-state index contributed by atoms with van der Waals surface area (Å²) in [6.07, 6.45) is 9.84. The van der Waals surface area contributed by atoms with Crippen molar-refractivity contribution in [3.63, 3.8) is 0 Å². The van der Waals surface area contributed by atoms with Gasteiger partial charge in [0, 0.05) is 30.2 Å². The van der Waals surface area contributed by atoms with Crippen LogP contribution in [0.2, 0.25) is 0 Å². The van der Waals surface area contributed by atoms with Crippen molar-refractivity contribution in [1.29, 1.82) is 0 Å². The van der Waals surface area contributed by atoms with Crippen LogP contribution in [0.4, 0.5) is 0 Å². The van der Waals surface area contributed by atoms with Crippen molar-refractivity contribution in [2.24, 2.45) is 7.05 Å². The van der Waals surface area contributed by atoms with Crippen molar-refractivity contribution < 1.29 is 4.79 Å². The third kappa shape index (κ3) is 3.04. The van der Waals surface area contributed by atoms with Crippen LogP contribution in [0, 0.1) is 0 Å². The fourth-order valence-electron chi connectivity index (χ4n) is 3.83. The lowest BCUT2D eigenvalue weighted by atomic mass is 9.95. The molecule has 0 spiro atoms. The van der Waals surface area contributed by atoms with E-state index in [4.69, 9.17) is 0 Å². The van der Waals surface area contributed by atoms with Gasteiger partial charge in [-0.15, -0.1) is 10.2 Å². The molecule has 4 rings (SSSR count). The molecule has 3 aromatic rings. The summed E-state index contributed by atoms with van der Waals surface area (Å²) in [5.41, 5.74) is 1.75. The van der Waals surface area contributed by atoms with Crippen LogP contribution in [-0.4, -0.2) is 25.2 Å². The van der Waals surface area contributed by atoms with Crippen molar-refractivity contribution in [2.75, 3.05) is 0 Å². The van der Waals surface area contributed by atoms with Gasteiger partial charge in [-0.3, -0.25) is 4.79 Å². The number of hydrogen-bond acceptors (Lipinski definition) is 3. The summed E-state index contributed by atoms with van der Waals surface area (Å²) in [5, 5.41) is 12.3. The number of benzene rings is 1. The number of hydrogen-bond donors (Lipinski definition) is 1. The monoisotopic (exact) mass is 337 g/mol. The molecule has 2 aromatic heterocycles. The standard InChI is InChI=1S/C19H23N5O/c1-23-12-16(15-9-5-6-10-17(15)23)19(25)20-11-18-22-21-13-24(18)14-7-3-2-4-8-14/h5-6,9-10,12-14H,2-4,7-8,11H2,1H3,(H,20,25). The summed E-state index contributed by atoms with van der Waals surface area (Å²) < 4.78 is 4.12. The van der Waals surface area contributed by atoms with Crippen LogP contribution >= 0.6 is 0 Å². The average molecular weight is 337 g/mol. The Morgan fingerprint density at radius 3 is 2.88 bits per heavy atom. The Kier molecular flexibility index (Phi) is 4.26. The first-order valence-corrected chi connectivity index (χ1v) is 8.94. The lowest BCUT2D eigenvalue weighted by molar-refractivity contribution is 0.0950. The Labute approximate surface area is 146 Å². The first kappa shape index (κ1) is 15.9. The van der Waals surface area contributed by atoms with E-state index in [1.807, 2.05) is 42.1 Å². The van der Waals surface area contributed by atoms with Gasteiger partial charge in [0.1, 0.15) is 6.33 Å². The molecule has 6 heteroatoms. The van der Waals surface area contributed by atoms with Gasteiger partial charge in [0.15, 0.2) is 5.82 Å². The van der Waals surface area contributed by atoms with Gasteiger partial charge in [0.25, 0.3) is 5.91 Å². The van der Waals surface area contributed by atoms with Gasteiger partial charge in [-0.2, -0.15) is 0 Å². The summed E-state index contributed by atoms with van der Waals surface area (Å²) in [7, 11) is 1.96. The van der Waals surface area contributed by atoms with Gasteiger partial charge in [-0.25, -0.2) is 0 Å². The Bertz CT molecular complexity index is 888. The molecule has 0 unspecified atom stereocenters. The number of amides is 1. The third-order valence-electron chi connectivity index (χ3n) is 5.16. The molecule has 0 aliphatic heterocycles. The molecule has 0 radical (unpaired) electrons. The van der Waals surface area contributed by atoms with E-state index in [0.717, 1.165) is 16.7 Å². The van der Waals surface area contributed by atoms with Gasteiger partial charge in [-0.05, 0) is 18.9 Å². The van der Waals surface area contributed by atoms with E-state index in [-0.39, 0.29) is 5.91 Å². The fraction of sp³-hybridized carbons (Fsp3) is 0.421. The second-order valence-corrected chi connectivity index (χ2v) is 6.80. The lowest BCUT2D eigenvalue weighted by Gasteiger charge is -2.24. The maximum Gasteiger partial charge on any atom is 0.253 e. The van der Waals surface area contributed by atoms with Crippen molar-refractivity contribution in [1.82, 2.24) is 24.6 Å². The van der Waals surface area contributed by atoms with Crippen molar-refractivity contribution in [3.8, 4) is 0 Å². The van der Waals surface area contributed by atoms with E-state index >= 15 is 0 Å². The van der Waals surface area contributed by atoms with Gasteiger partial charge >= 0.3 is 0 Å². The van der Waals surface area contributed by atoms with Crippen molar-refractivity contribution >= 4 is 16.8 Å². The van der Waals surface area contributed by atoms with E-state index < -0.39 is 0 Å². The topological polar surface area (TPSA) is 64.7 Å². The van der Waals surface area contributed by atoms with E-state index in [1.54, 1.807) is 6.33 Å². The summed E-state index contributed by atoms with van der Waals surface area (Å²) >= 11 is 0. The molecule has 1 aliphatic carbocycles. The Morgan fingerprint density at radius 1 is 1.24 bits per heavy atom. The number of carbonyl (C=O) groups excluding carboxylic acids is 1. The average Bonchev–Trinajstić information content (AvgIpc) is 3.26. The number of rotatable bonds is 4. The predicted molar refractivity (Wildman–Crippen MR) is 96.2 cm³/mol. The van der Waals surface area contributed by atoms with Crippen LogP contribution in [0.3, 0.4) is 0 Å². The summed E-state index contributed by atoms with van der Waals surface area (Å²) in [6.45, 7) is 0.401. The van der Waals surface area contributed by atoms with Gasteiger partial charge in [-0.1, -0.05) is 37.5 Å². The number of aromatic nitrogens is 4. The second-order valence-electron chi connectivity index (χ2n) is 6.80. The first-order valence-electron chi connectivity index (χ1n) is 8.94. The van der Waals surface area contributed by atoms with E-state index in [9.17, 15) is 4.79 Å². The molecule has 1 amide bonds. The number of para-hydroxylation sites is 1. The number of nitrogens with zero attached hydrogens (tertiary/aromatic N) is 4. The molecular formula is C19H23N5O. The molecule has 0 atom stereocenters. The predicted octanol–water partition coefficient (Wildman–Crippen LogP) is 3.21. The summed E-state index contributed by atoms with van der Waals surface area (Å²) in [6, 6.07) is 8.41. The molecule has 1 fully saturated rings. The van der Waals surface area contributed by atoms with E-state index in [0.29, 0.717) is 18.2 Å². The zero-order chi connectivity index (χ0) is 17.2. The van der Waals surface area contributed by atoms with Gasteiger partial charge in [0.2, 0.25) is 0 Å². The van der Waals surface area contributed by atoms with Crippen molar-refractivity contribution in [2.45, 2.75) is 44.7 Å². The number of nitrogens with one attached hydrogen (secondary N) is 1. The molecule has 0 saturated heterocycles. The SMILES string of the molecule is Cn1cc(C(=O)NCc2nncn2C2CCCCC2)c2ccccc21. The van der Waals surface area contributed by atoms with Crippen LogP contribution in [0.25, 0.3) is 10.9 Å². The third-order valence-corrected chi connectivity index (χ3v) is 5.16. The molecule has 1 N–H and O–H groups in total. The van der Waals surface area contributed by atoms with Gasteiger partial charge < -0.3 is 14.5 Å². The quantitative estimate of drug-likeness (QED) is 0.795. The fourth-order valence-corrected chi connectivity index (χ4v) is 3.83. The molecule has 0 bridgehead atoms. The highest BCUT2D eigenvalue weighted by Crippen LogP contribution is 2.28. The Hall–Kier alpha value is -2.63. The minimum Gasteiger partial charge on any atom is -0.350 e. The van der Waals surface area contributed by atoms with Crippen LogP contribution < -0.4 is 5.32 Å². The Balaban J connectivity index is 1.50. The van der Waals surface area contributed by atoms with Crippen LogP contribution in [0.5, 0.6) is 0 Å². The van der Waals surface area contributed by atoms with E-state index in [1.165, 1.54) is 32.1 Å². The maximum atomic E-state index is 12.7. The van der Waals surface area contributed by atoms with E-state index in [2.05, 4.69) is 20.1 Å². The normalized spacial score (nSPS) is 15.6. The minimum absolute atomic E-state index is 0.0741. The smallest absolute Gasteiger partial charge is 0.253 e. The van der Waals surface area contributed by atoms with Crippen LogP contribution in [0.15, 0.2) is 36.8 Å². The second kappa shape index (κ2) is 6.70. The first-order chi connectivity index (χ1) is 12.2. The van der Waals surface area contributed by atoms with Crippen molar-refractivity contribution in [3.05, 3.63) is 48.2 Å². The summed E-state index contributed by atoms with van der Waals surface area (Å²) in [5.74, 6) is 0.760. The van der Waals surface area contributed by atoms with Crippen LogP contribution in [0.1, 0.15) is 54.3 Å². The number of carbonyl (C=O) groups is 1. The molecule has 130 valence electrons. The zero-order valence-corrected chi connectivity index (χ0v) is 14.5. The lowest BCUT2D eigenvalue weighted by Crippen LogP contribution is -2.26. The zero-order valence-electron chi connectivity index (χ0n) is 14.5. The maximum absolute atomic E-state index is 12.7. The molecule has 6 nitrogen and oxygen atoms in total.